The van der Waals surface area contributed by atoms with Gasteiger partial charge in [-0.15, -0.1) is 10.2 Å². The molecule has 0 radical (unpaired) electrons. The predicted octanol–water partition coefficient (Wildman–Crippen LogP) is 0.0389. The highest BCUT2D eigenvalue weighted by Crippen LogP contribution is 2.19. The van der Waals surface area contributed by atoms with Gasteiger partial charge in [-0.05, 0) is 25.0 Å². The molecule has 1 saturated carbocycles. The van der Waals surface area contributed by atoms with Crippen molar-refractivity contribution in [1.29, 1.82) is 0 Å². The van der Waals surface area contributed by atoms with Crippen LogP contribution in [-0.4, -0.2) is 59.8 Å². The summed E-state index contributed by atoms with van der Waals surface area (Å²) in [6.07, 6.45) is 2.96. The van der Waals surface area contributed by atoms with E-state index >= 15 is 0 Å². The van der Waals surface area contributed by atoms with E-state index in [-0.39, 0.29) is 6.03 Å². The van der Waals surface area contributed by atoms with Crippen LogP contribution in [0, 0.1) is 0 Å². The second kappa shape index (κ2) is 5.94. The molecule has 1 aromatic heterocycles. The highest BCUT2D eigenvalue weighted by atomic mass is 16.2. The maximum atomic E-state index is 11.6. The molecular formula is C13H18N6O2. The molecule has 2 fully saturated rings. The molecule has 2 heterocycles. The number of aromatic nitrogens is 2. The van der Waals surface area contributed by atoms with Crippen molar-refractivity contribution in [1.82, 2.24) is 20.4 Å². The van der Waals surface area contributed by atoms with Crippen molar-refractivity contribution < 1.29 is 9.59 Å². The number of rotatable bonds is 4. The van der Waals surface area contributed by atoms with Crippen LogP contribution >= 0.6 is 0 Å². The lowest BCUT2D eigenvalue weighted by molar-refractivity contribution is -0.118. The number of hydrogen-bond acceptors (Lipinski definition) is 5. The Morgan fingerprint density at radius 2 is 1.95 bits per heavy atom. The molecule has 2 N–H and O–H groups in total. The first-order chi connectivity index (χ1) is 10.2. The molecule has 1 aliphatic heterocycles. The number of anilines is 2. The van der Waals surface area contributed by atoms with Crippen molar-refractivity contribution in [3.8, 4) is 0 Å². The lowest BCUT2D eigenvalue weighted by atomic mass is 10.3. The zero-order valence-electron chi connectivity index (χ0n) is 11.7. The van der Waals surface area contributed by atoms with E-state index in [9.17, 15) is 9.59 Å². The van der Waals surface area contributed by atoms with Gasteiger partial charge in [-0.3, -0.25) is 10.1 Å². The van der Waals surface area contributed by atoms with Gasteiger partial charge < -0.3 is 15.1 Å². The van der Waals surface area contributed by atoms with Crippen LogP contribution in [0.3, 0.4) is 0 Å². The van der Waals surface area contributed by atoms with Crippen LogP contribution in [0.5, 0.6) is 0 Å². The average molecular weight is 290 g/mol. The fourth-order valence-corrected chi connectivity index (χ4v) is 2.18. The third-order valence-electron chi connectivity index (χ3n) is 3.59. The lowest BCUT2D eigenvalue weighted by Gasteiger charge is -2.32. The average Bonchev–Trinajstić information content (AvgIpc) is 3.32. The number of hydrogen-bond donors (Lipinski definition) is 2. The fraction of sp³-hybridized carbons (Fsp3) is 0.538. The number of urea groups is 1. The van der Waals surface area contributed by atoms with Crippen LogP contribution < -0.4 is 15.5 Å². The van der Waals surface area contributed by atoms with Gasteiger partial charge in [-0.2, -0.15) is 0 Å². The number of nitrogens with one attached hydrogen (secondary N) is 2. The number of nitrogens with zero attached hydrogens (tertiary/aromatic N) is 4. The van der Waals surface area contributed by atoms with Gasteiger partial charge in [0.1, 0.15) is 0 Å². The normalized spacial score (nSPS) is 18.3. The first-order valence-electron chi connectivity index (χ1n) is 7.10. The van der Waals surface area contributed by atoms with E-state index in [2.05, 4.69) is 25.7 Å². The summed E-state index contributed by atoms with van der Waals surface area (Å²) in [7, 11) is 0. The number of carbonyl (C=O) groups is 2. The summed E-state index contributed by atoms with van der Waals surface area (Å²) < 4.78 is 0. The summed E-state index contributed by atoms with van der Waals surface area (Å²) in [5.74, 6) is 1.19. The Kier molecular flexibility index (Phi) is 3.85. The first-order valence-corrected chi connectivity index (χ1v) is 7.10. The van der Waals surface area contributed by atoms with Gasteiger partial charge in [0.15, 0.2) is 11.6 Å². The molecule has 0 atom stereocenters. The van der Waals surface area contributed by atoms with Gasteiger partial charge in [0.2, 0.25) is 6.41 Å². The van der Waals surface area contributed by atoms with Crippen molar-refractivity contribution in [2.75, 3.05) is 36.4 Å². The Bertz CT molecular complexity index is 508. The maximum Gasteiger partial charge on any atom is 0.320 e. The van der Waals surface area contributed by atoms with Crippen LogP contribution in [0.4, 0.5) is 16.4 Å². The number of amides is 3. The summed E-state index contributed by atoms with van der Waals surface area (Å²) >= 11 is 0. The molecule has 3 amide bonds. The van der Waals surface area contributed by atoms with E-state index in [1.165, 1.54) is 0 Å². The standard InChI is InChI=1S/C13H18N6O2/c20-9-18-5-7-19(8-6-18)12-4-3-11(16-17-12)15-13(21)14-10-1-2-10/h3-4,9-10H,1-2,5-8H2,(H2,14,15,16,21). The van der Waals surface area contributed by atoms with Crippen molar-refractivity contribution in [2.24, 2.45) is 0 Å². The zero-order chi connectivity index (χ0) is 14.7. The fourth-order valence-electron chi connectivity index (χ4n) is 2.18. The van der Waals surface area contributed by atoms with E-state index in [0.29, 0.717) is 24.9 Å². The molecule has 1 aromatic rings. The van der Waals surface area contributed by atoms with E-state index in [4.69, 9.17) is 0 Å². The molecular weight excluding hydrogens is 272 g/mol. The second-order valence-corrected chi connectivity index (χ2v) is 5.28. The molecule has 21 heavy (non-hydrogen) atoms. The van der Waals surface area contributed by atoms with Crippen LogP contribution in [0.1, 0.15) is 12.8 Å². The molecule has 8 nitrogen and oxygen atoms in total. The minimum atomic E-state index is -0.237. The van der Waals surface area contributed by atoms with Gasteiger partial charge in [0.05, 0.1) is 0 Å². The van der Waals surface area contributed by atoms with Crippen molar-refractivity contribution >= 4 is 24.1 Å². The Labute approximate surface area is 122 Å². The summed E-state index contributed by atoms with van der Waals surface area (Å²) in [5.41, 5.74) is 0. The van der Waals surface area contributed by atoms with Gasteiger partial charge in [-0.1, -0.05) is 0 Å². The summed E-state index contributed by atoms with van der Waals surface area (Å²) in [6, 6.07) is 3.64. The smallest absolute Gasteiger partial charge is 0.320 e. The largest absolute Gasteiger partial charge is 0.352 e. The van der Waals surface area contributed by atoms with Crippen molar-refractivity contribution in [3.05, 3.63) is 12.1 Å². The molecule has 2 aliphatic rings. The van der Waals surface area contributed by atoms with Gasteiger partial charge in [-0.25, -0.2) is 4.79 Å². The summed E-state index contributed by atoms with van der Waals surface area (Å²) in [4.78, 5) is 26.1. The van der Waals surface area contributed by atoms with E-state index < -0.39 is 0 Å². The molecule has 112 valence electrons. The van der Waals surface area contributed by atoms with Crippen molar-refractivity contribution in [3.63, 3.8) is 0 Å². The van der Waals surface area contributed by atoms with E-state index in [1.54, 1.807) is 11.0 Å². The highest BCUT2D eigenvalue weighted by molar-refractivity contribution is 5.88. The number of piperazine rings is 1. The molecule has 3 rings (SSSR count). The maximum absolute atomic E-state index is 11.6. The lowest BCUT2D eigenvalue weighted by Crippen LogP contribution is -2.46. The zero-order valence-corrected chi connectivity index (χ0v) is 11.7. The molecule has 1 aliphatic carbocycles. The van der Waals surface area contributed by atoms with Gasteiger partial charge >= 0.3 is 6.03 Å². The summed E-state index contributed by atoms with van der Waals surface area (Å²) in [6.45, 7) is 2.86. The minimum Gasteiger partial charge on any atom is -0.352 e. The van der Waals surface area contributed by atoms with E-state index in [0.717, 1.165) is 38.2 Å². The SMILES string of the molecule is O=CN1CCN(c2ccc(NC(=O)NC3CC3)nn2)CC1. The Morgan fingerprint density at radius 3 is 2.52 bits per heavy atom. The molecule has 0 bridgehead atoms. The van der Waals surface area contributed by atoms with Crippen LogP contribution in [0.15, 0.2) is 12.1 Å². The second-order valence-electron chi connectivity index (χ2n) is 5.28. The predicted molar refractivity (Wildman–Crippen MR) is 77.1 cm³/mol. The Hall–Kier alpha value is -2.38. The third kappa shape index (κ3) is 3.59. The first kappa shape index (κ1) is 13.6. The molecule has 0 unspecified atom stereocenters. The highest BCUT2D eigenvalue weighted by Gasteiger charge is 2.23. The van der Waals surface area contributed by atoms with Gasteiger partial charge in [0.25, 0.3) is 0 Å². The molecule has 1 saturated heterocycles. The van der Waals surface area contributed by atoms with Gasteiger partial charge in [0, 0.05) is 32.2 Å². The Morgan fingerprint density at radius 1 is 1.19 bits per heavy atom. The minimum absolute atomic E-state index is 0.237. The quantitative estimate of drug-likeness (QED) is 0.764. The van der Waals surface area contributed by atoms with Crippen LogP contribution in [0.2, 0.25) is 0 Å². The van der Waals surface area contributed by atoms with Crippen LogP contribution in [-0.2, 0) is 4.79 Å². The van der Waals surface area contributed by atoms with E-state index in [1.807, 2.05) is 6.07 Å². The Balaban J connectivity index is 1.53. The molecule has 8 heteroatoms. The monoisotopic (exact) mass is 290 g/mol. The molecule has 0 spiro atoms. The molecule has 0 aromatic carbocycles. The van der Waals surface area contributed by atoms with Crippen LogP contribution in [0.25, 0.3) is 0 Å². The number of carbonyl (C=O) groups excluding carboxylic acids is 2. The topological polar surface area (TPSA) is 90.5 Å². The van der Waals surface area contributed by atoms with Crippen molar-refractivity contribution in [2.45, 2.75) is 18.9 Å². The summed E-state index contributed by atoms with van der Waals surface area (Å²) in [5, 5.41) is 13.6. The third-order valence-corrected chi connectivity index (χ3v) is 3.59.